The number of hydrogen-bond donors (Lipinski definition) is 1. The maximum Gasteiger partial charge on any atom is 0.310 e. The SMILES string of the molecule is Cc1ccc(OCCNc2ccc(-c3cnc(C)c(CC(=O)OC(C)C)c3N3CCC(C)(C)CC3)nc2)cc1C. The maximum atomic E-state index is 12.8. The highest BCUT2D eigenvalue weighted by Gasteiger charge is 2.30. The second-order valence-electron chi connectivity index (χ2n) is 11.9. The van der Waals surface area contributed by atoms with Gasteiger partial charge in [-0.15, -0.1) is 0 Å². The van der Waals surface area contributed by atoms with Gasteiger partial charge in [0.25, 0.3) is 0 Å². The number of carbonyl (C=O) groups excluding carboxylic acids is 1. The van der Waals surface area contributed by atoms with Gasteiger partial charge < -0.3 is 19.7 Å². The smallest absolute Gasteiger partial charge is 0.310 e. The second kappa shape index (κ2) is 12.7. The molecule has 40 heavy (non-hydrogen) atoms. The molecule has 2 aromatic heterocycles. The fourth-order valence-electron chi connectivity index (χ4n) is 5.00. The molecule has 0 saturated carbocycles. The molecule has 0 aliphatic carbocycles. The number of piperidine rings is 1. The molecule has 0 radical (unpaired) electrons. The fraction of sp³-hybridized carbons (Fsp3) is 0.485. The summed E-state index contributed by atoms with van der Waals surface area (Å²) in [7, 11) is 0. The lowest BCUT2D eigenvalue weighted by Crippen LogP contribution is -2.38. The van der Waals surface area contributed by atoms with Crippen LogP contribution < -0.4 is 15.0 Å². The van der Waals surface area contributed by atoms with Crippen molar-refractivity contribution >= 4 is 17.3 Å². The first-order valence-corrected chi connectivity index (χ1v) is 14.4. The van der Waals surface area contributed by atoms with Crippen molar-refractivity contribution in [1.82, 2.24) is 9.97 Å². The summed E-state index contributed by atoms with van der Waals surface area (Å²) in [6, 6.07) is 10.2. The van der Waals surface area contributed by atoms with Crippen LogP contribution in [0, 0.1) is 26.2 Å². The number of nitrogens with one attached hydrogen (secondary N) is 1. The van der Waals surface area contributed by atoms with Crippen LogP contribution >= 0.6 is 0 Å². The van der Waals surface area contributed by atoms with Crippen LogP contribution in [0.25, 0.3) is 11.3 Å². The molecule has 0 amide bonds. The average molecular weight is 545 g/mol. The third-order valence-electron chi connectivity index (χ3n) is 7.70. The zero-order valence-electron chi connectivity index (χ0n) is 25.1. The van der Waals surface area contributed by atoms with Crippen molar-refractivity contribution in [3.8, 4) is 17.0 Å². The van der Waals surface area contributed by atoms with Crippen molar-refractivity contribution in [2.45, 2.75) is 73.8 Å². The summed E-state index contributed by atoms with van der Waals surface area (Å²) in [5.41, 5.74) is 8.34. The van der Waals surface area contributed by atoms with E-state index in [4.69, 9.17) is 14.5 Å². The Morgan fingerprint density at radius 1 is 1.02 bits per heavy atom. The Balaban J connectivity index is 1.52. The van der Waals surface area contributed by atoms with Gasteiger partial charge in [0.15, 0.2) is 0 Å². The lowest BCUT2D eigenvalue weighted by molar-refractivity contribution is -0.146. The number of aromatic nitrogens is 2. The van der Waals surface area contributed by atoms with Crippen LogP contribution in [0.15, 0.2) is 42.7 Å². The minimum Gasteiger partial charge on any atom is -0.492 e. The molecule has 0 unspecified atom stereocenters. The van der Waals surface area contributed by atoms with Crippen LogP contribution in [0.4, 0.5) is 11.4 Å². The van der Waals surface area contributed by atoms with Crippen LogP contribution in [0.3, 0.4) is 0 Å². The first kappa shape index (κ1) is 29.4. The quantitative estimate of drug-likeness (QED) is 0.225. The van der Waals surface area contributed by atoms with E-state index in [2.05, 4.69) is 55.0 Å². The van der Waals surface area contributed by atoms with Crippen molar-refractivity contribution < 1.29 is 14.3 Å². The van der Waals surface area contributed by atoms with Gasteiger partial charge in [-0.1, -0.05) is 19.9 Å². The van der Waals surface area contributed by atoms with Crippen LogP contribution in [0.2, 0.25) is 0 Å². The highest BCUT2D eigenvalue weighted by molar-refractivity contribution is 5.84. The third kappa shape index (κ3) is 7.52. The van der Waals surface area contributed by atoms with Crippen molar-refractivity contribution in [1.29, 1.82) is 0 Å². The van der Waals surface area contributed by atoms with Gasteiger partial charge in [0, 0.05) is 42.7 Å². The normalized spacial score (nSPS) is 14.8. The van der Waals surface area contributed by atoms with E-state index in [9.17, 15) is 4.79 Å². The van der Waals surface area contributed by atoms with Crippen LogP contribution in [0.1, 0.15) is 62.9 Å². The van der Waals surface area contributed by atoms with Crippen molar-refractivity contribution in [2.24, 2.45) is 5.41 Å². The first-order valence-electron chi connectivity index (χ1n) is 14.4. The molecule has 1 N–H and O–H groups in total. The summed E-state index contributed by atoms with van der Waals surface area (Å²) >= 11 is 0. The van der Waals surface area contributed by atoms with Gasteiger partial charge in [0.05, 0.1) is 35.8 Å². The lowest BCUT2D eigenvalue weighted by atomic mass is 9.82. The molecule has 4 rings (SSSR count). The minimum absolute atomic E-state index is 0.156. The molecule has 1 saturated heterocycles. The molecule has 1 aliphatic rings. The Labute approximate surface area is 239 Å². The van der Waals surface area contributed by atoms with Crippen LogP contribution in [-0.4, -0.2) is 48.3 Å². The van der Waals surface area contributed by atoms with Crippen molar-refractivity contribution in [2.75, 3.05) is 36.5 Å². The zero-order chi connectivity index (χ0) is 28.9. The standard InChI is InChI=1S/C33H44N4O3/c1-22(2)40-31(38)19-28-25(5)35-21-29(32(28)37-15-12-33(6,7)13-16-37)30-11-9-26(20-36-30)34-14-17-39-27-10-8-23(3)24(4)18-27/h8-11,18,20-22,34H,12-17,19H2,1-7H3. The van der Waals surface area contributed by atoms with Gasteiger partial charge in [-0.3, -0.25) is 14.8 Å². The van der Waals surface area contributed by atoms with E-state index >= 15 is 0 Å². The van der Waals surface area contributed by atoms with Gasteiger partial charge in [-0.2, -0.15) is 0 Å². The molecule has 0 bridgehead atoms. The summed E-state index contributed by atoms with van der Waals surface area (Å²) in [6.45, 7) is 17.6. The summed E-state index contributed by atoms with van der Waals surface area (Å²) < 4.78 is 11.4. The molecule has 1 fully saturated rings. The number of ether oxygens (including phenoxy) is 2. The van der Waals surface area contributed by atoms with Gasteiger partial charge in [0.1, 0.15) is 12.4 Å². The predicted molar refractivity (Wildman–Crippen MR) is 162 cm³/mol. The second-order valence-corrected chi connectivity index (χ2v) is 11.9. The number of benzene rings is 1. The Hall–Kier alpha value is -3.61. The topological polar surface area (TPSA) is 76.6 Å². The predicted octanol–water partition coefficient (Wildman–Crippen LogP) is 6.68. The average Bonchev–Trinajstić information content (AvgIpc) is 2.90. The highest BCUT2D eigenvalue weighted by Crippen LogP contribution is 2.39. The molecule has 3 aromatic rings. The van der Waals surface area contributed by atoms with E-state index in [-0.39, 0.29) is 18.5 Å². The number of aryl methyl sites for hydroxylation is 3. The molecule has 0 atom stereocenters. The number of hydrogen-bond acceptors (Lipinski definition) is 7. The maximum absolute atomic E-state index is 12.8. The monoisotopic (exact) mass is 544 g/mol. The van der Waals surface area contributed by atoms with Gasteiger partial charge in [0.2, 0.25) is 0 Å². The molecule has 214 valence electrons. The van der Waals surface area contributed by atoms with Crippen LogP contribution in [-0.2, 0) is 16.0 Å². The number of nitrogens with zero attached hydrogens (tertiary/aromatic N) is 3. The molecule has 7 nitrogen and oxygen atoms in total. The summed E-state index contributed by atoms with van der Waals surface area (Å²) in [5.74, 6) is 0.651. The zero-order valence-corrected chi connectivity index (χ0v) is 25.1. The van der Waals surface area contributed by atoms with E-state index in [0.29, 0.717) is 18.6 Å². The van der Waals surface area contributed by atoms with Crippen LogP contribution in [0.5, 0.6) is 5.75 Å². The van der Waals surface area contributed by atoms with E-state index in [1.165, 1.54) is 11.1 Å². The Kier molecular flexibility index (Phi) is 9.33. The first-order chi connectivity index (χ1) is 19.0. The minimum atomic E-state index is -0.230. The van der Waals surface area contributed by atoms with E-state index in [0.717, 1.165) is 65.6 Å². The summed E-state index contributed by atoms with van der Waals surface area (Å²) in [4.78, 5) is 24.7. The van der Waals surface area contributed by atoms with E-state index in [1.54, 1.807) is 0 Å². The Morgan fingerprint density at radius 2 is 1.77 bits per heavy atom. The fourth-order valence-corrected chi connectivity index (χ4v) is 5.00. The number of anilines is 2. The number of rotatable bonds is 10. The molecule has 1 aliphatic heterocycles. The summed E-state index contributed by atoms with van der Waals surface area (Å²) in [5, 5.41) is 3.40. The molecule has 0 spiro atoms. The van der Waals surface area contributed by atoms with Gasteiger partial charge in [-0.25, -0.2) is 0 Å². The van der Waals surface area contributed by atoms with Gasteiger partial charge >= 0.3 is 5.97 Å². The number of carbonyl (C=O) groups is 1. The molecular weight excluding hydrogens is 500 g/mol. The third-order valence-corrected chi connectivity index (χ3v) is 7.70. The Morgan fingerprint density at radius 3 is 2.42 bits per heavy atom. The molecular formula is C33H44N4O3. The lowest BCUT2D eigenvalue weighted by Gasteiger charge is -2.40. The van der Waals surface area contributed by atoms with Crippen molar-refractivity contribution in [3.05, 3.63) is 65.1 Å². The number of esters is 1. The van der Waals surface area contributed by atoms with E-state index in [1.807, 2.05) is 51.4 Å². The van der Waals surface area contributed by atoms with Gasteiger partial charge in [-0.05, 0) is 88.3 Å². The molecule has 7 heteroatoms. The molecule has 1 aromatic carbocycles. The van der Waals surface area contributed by atoms with E-state index < -0.39 is 0 Å². The largest absolute Gasteiger partial charge is 0.492 e. The summed E-state index contributed by atoms with van der Waals surface area (Å²) in [6.07, 6.45) is 5.96. The number of pyridine rings is 2. The Bertz CT molecular complexity index is 1310. The molecule has 3 heterocycles. The van der Waals surface area contributed by atoms with Crippen molar-refractivity contribution in [3.63, 3.8) is 0 Å². The highest BCUT2D eigenvalue weighted by atomic mass is 16.5.